The number of hydrogen-bond donors (Lipinski definition) is 0. The van der Waals surface area contributed by atoms with Gasteiger partial charge in [0.25, 0.3) is 0 Å². The summed E-state index contributed by atoms with van der Waals surface area (Å²) in [5.74, 6) is -0.105. The molecule has 17 heavy (non-hydrogen) atoms. The molecule has 0 aromatic carbocycles. The Balaban J connectivity index is 3.14. The smallest absolute Gasteiger partial charge is 0.213 e. The number of Topliss-reactive ketones (excluding diaryl/α,β-unsaturated/α-hetero) is 1. The van der Waals surface area contributed by atoms with E-state index >= 15 is 0 Å². The molecule has 0 aliphatic carbocycles. The van der Waals surface area contributed by atoms with Crippen LogP contribution in [0.5, 0.6) is 0 Å². The fraction of sp³-hybridized carbons (Fsp3) is 0.667. The van der Waals surface area contributed by atoms with E-state index < -0.39 is 5.60 Å². The van der Waals surface area contributed by atoms with Crippen molar-refractivity contribution in [1.29, 1.82) is 0 Å². The highest BCUT2D eigenvalue weighted by Gasteiger charge is 2.36. The summed E-state index contributed by atoms with van der Waals surface area (Å²) in [6.07, 6.45) is 2.10. The van der Waals surface area contributed by atoms with Crippen molar-refractivity contribution in [3.8, 4) is 0 Å². The molecule has 1 aromatic heterocycles. The number of hydrogen-bond acceptors (Lipinski definition) is 3. The Morgan fingerprint density at radius 2 is 2.18 bits per heavy atom. The van der Waals surface area contributed by atoms with Crippen LogP contribution in [0, 0.1) is 0 Å². The minimum absolute atomic E-state index is 0.105. The van der Waals surface area contributed by atoms with E-state index in [1.165, 1.54) is 6.20 Å². The molecule has 0 aliphatic rings. The number of rotatable bonds is 6. The highest BCUT2D eigenvalue weighted by atomic mass is 35.5. The van der Waals surface area contributed by atoms with Gasteiger partial charge in [0.1, 0.15) is 11.3 Å². The largest absolute Gasteiger partial charge is 0.367 e. The first-order valence-electron chi connectivity index (χ1n) is 5.90. The van der Waals surface area contributed by atoms with Gasteiger partial charge in [0.2, 0.25) is 5.78 Å². The number of nitrogens with zero attached hydrogens (tertiary/aromatic N) is 2. The monoisotopic (exact) mass is 258 g/mol. The topological polar surface area (TPSA) is 44.1 Å². The van der Waals surface area contributed by atoms with Crippen LogP contribution in [0.15, 0.2) is 6.20 Å². The van der Waals surface area contributed by atoms with E-state index in [0.717, 1.165) is 0 Å². The predicted octanol–water partition coefficient (Wildman–Crippen LogP) is 2.94. The Kier molecular flexibility index (Phi) is 4.71. The third kappa shape index (κ3) is 2.69. The maximum atomic E-state index is 12.5. The first kappa shape index (κ1) is 14.2. The van der Waals surface area contributed by atoms with Gasteiger partial charge in [0, 0.05) is 13.2 Å². The van der Waals surface area contributed by atoms with Gasteiger partial charge in [-0.1, -0.05) is 18.5 Å². The second-order valence-corrected chi connectivity index (χ2v) is 4.41. The third-order valence-electron chi connectivity index (χ3n) is 2.93. The fourth-order valence-electron chi connectivity index (χ4n) is 1.73. The zero-order valence-electron chi connectivity index (χ0n) is 10.8. The van der Waals surface area contributed by atoms with Crippen LogP contribution >= 0.6 is 11.6 Å². The van der Waals surface area contributed by atoms with Gasteiger partial charge in [-0.25, -0.2) is 0 Å². The Bertz CT molecular complexity index is 403. The van der Waals surface area contributed by atoms with Gasteiger partial charge in [-0.05, 0) is 27.2 Å². The Morgan fingerprint density at radius 3 is 2.65 bits per heavy atom. The Morgan fingerprint density at radius 1 is 1.53 bits per heavy atom. The summed E-state index contributed by atoms with van der Waals surface area (Å²) in [6, 6.07) is 0. The van der Waals surface area contributed by atoms with Crippen LogP contribution in [0.4, 0.5) is 0 Å². The van der Waals surface area contributed by atoms with E-state index in [-0.39, 0.29) is 5.78 Å². The molecule has 0 spiro atoms. The maximum absolute atomic E-state index is 12.5. The minimum Gasteiger partial charge on any atom is -0.367 e. The van der Waals surface area contributed by atoms with E-state index in [2.05, 4.69) is 5.10 Å². The van der Waals surface area contributed by atoms with Crippen LogP contribution in [0.3, 0.4) is 0 Å². The van der Waals surface area contributed by atoms with Gasteiger partial charge < -0.3 is 4.74 Å². The van der Waals surface area contributed by atoms with Crippen LogP contribution < -0.4 is 0 Å². The predicted molar refractivity (Wildman–Crippen MR) is 67.6 cm³/mol. The van der Waals surface area contributed by atoms with Crippen LogP contribution in [-0.4, -0.2) is 27.8 Å². The van der Waals surface area contributed by atoms with Crippen LogP contribution in [0.1, 0.15) is 44.6 Å². The molecule has 0 saturated heterocycles. The molecule has 1 unspecified atom stereocenters. The number of ketones is 1. The van der Waals surface area contributed by atoms with E-state index in [0.29, 0.717) is 30.3 Å². The lowest BCUT2D eigenvalue weighted by molar-refractivity contribution is -0.0123. The molecule has 0 radical (unpaired) electrons. The summed E-state index contributed by atoms with van der Waals surface area (Å²) in [5, 5.41) is 4.46. The van der Waals surface area contributed by atoms with Crippen molar-refractivity contribution in [3.63, 3.8) is 0 Å². The number of aromatic nitrogens is 2. The molecule has 0 saturated carbocycles. The molecule has 5 heteroatoms. The van der Waals surface area contributed by atoms with Gasteiger partial charge in [0.15, 0.2) is 0 Å². The van der Waals surface area contributed by atoms with E-state index in [9.17, 15) is 4.79 Å². The quantitative estimate of drug-likeness (QED) is 0.737. The Labute approximate surface area is 107 Å². The zero-order chi connectivity index (χ0) is 13.1. The SMILES string of the molecule is CCOC(C)(CC)C(=O)c1c(Cl)cnn1CC. The van der Waals surface area contributed by atoms with Crippen LogP contribution in [-0.2, 0) is 11.3 Å². The molecule has 0 bridgehead atoms. The zero-order valence-corrected chi connectivity index (χ0v) is 11.5. The van der Waals surface area contributed by atoms with E-state index in [1.807, 2.05) is 20.8 Å². The summed E-state index contributed by atoms with van der Waals surface area (Å²) in [7, 11) is 0. The number of carbonyl (C=O) groups is 1. The van der Waals surface area contributed by atoms with Gasteiger partial charge in [-0.2, -0.15) is 5.10 Å². The third-order valence-corrected chi connectivity index (χ3v) is 3.20. The molecule has 1 rings (SSSR count). The first-order valence-corrected chi connectivity index (χ1v) is 6.28. The number of carbonyl (C=O) groups excluding carboxylic acids is 1. The lowest BCUT2D eigenvalue weighted by Gasteiger charge is -2.26. The maximum Gasteiger partial charge on any atom is 0.213 e. The van der Waals surface area contributed by atoms with Crippen molar-refractivity contribution in [2.75, 3.05) is 6.61 Å². The Hall–Kier alpha value is -0.870. The number of aryl methyl sites for hydroxylation is 1. The number of ether oxygens (including phenoxy) is 1. The van der Waals surface area contributed by atoms with Crippen molar-refractivity contribution in [2.45, 2.75) is 46.3 Å². The standard InChI is InChI=1S/C12H19ClN2O2/c1-5-12(4,17-7-3)11(16)10-9(13)8-14-15(10)6-2/h8H,5-7H2,1-4H3. The molecule has 1 atom stereocenters. The average Bonchev–Trinajstić information content (AvgIpc) is 2.69. The van der Waals surface area contributed by atoms with Crippen LogP contribution in [0.25, 0.3) is 0 Å². The van der Waals surface area contributed by atoms with Crippen molar-refractivity contribution >= 4 is 17.4 Å². The molecule has 4 nitrogen and oxygen atoms in total. The summed E-state index contributed by atoms with van der Waals surface area (Å²) in [4.78, 5) is 12.5. The number of halogens is 1. The molecule has 1 aromatic rings. The van der Waals surface area contributed by atoms with Crippen molar-refractivity contribution < 1.29 is 9.53 Å². The van der Waals surface area contributed by atoms with Crippen LogP contribution in [0.2, 0.25) is 5.02 Å². The molecule has 0 N–H and O–H groups in total. The van der Waals surface area contributed by atoms with Crippen molar-refractivity contribution in [3.05, 3.63) is 16.9 Å². The highest BCUT2D eigenvalue weighted by molar-refractivity contribution is 6.34. The second kappa shape index (κ2) is 5.65. The molecule has 0 amide bonds. The normalized spacial score (nSPS) is 14.6. The van der Waals surface area contributed by atoms with Gasteiger partial charge in [-0.15, -0.1) is 0 Å². The molecule has 96 valence electrons. The summed E-state index contributed by atoms with van der Waals surface area (Å²) >= 11 is 6.02. The molecule has 0 aliphatic heterocycles. The fourth-order valence-corrected chi connectivity index (χ4v) is 1.95. The first-order chi connectivity index (χ1) is 8.00. The van der Waals surface area contributed by atoms with Gasteiger partial charge in [-0.3, -0.25) is 9.48 Å². The van der Waals surface area contributed by atoms with Crippen molar-refractivity contribution in [1.82, 2.24) is 9.78 Å². The molecule has 1 heterocycles. The molecular weight excluding hydrogens is 240 g/mol. The lowest BCUT2D eigenvalue weighted by atomic mass is 9.95. The van der Waals surface area contributed by atoms with Gasteiger partial charge >= 0.3 is 0 Å². The summed E-state index contributed by atoms with van der Waals surface area (Å²) in [6.45, 7) is 8.62. The molecular formula is C12H19ClN2O2. The average molecular weight is 259 g/mol. The summed E-state index contributed by atoms with van der Waals surface area (Å²) in [5.41, 5.74) is -0.391. The molecule has 0 fully saturated rings. The lowest BCUT2D eigenvalue weighted by Crippen LogP contribution is -2.39. The second-order valence-electron chi connectivity index (χ2n) is 4.00. The summed E-state index contributed by atoms with van der Waals surface area (Å²) < 4.78 is 7.18. The van der Waals surface area contributed by atoms with Gasteiger partial charge in [0.05, 0.1) is 11.2 Å². The van der Waals surface area contributed by atoms with E-state index in [4.69, 9.17) is 16.3 Å². The van der Waals surface area contributed by atoms with E-state index in [1.54, 1.807) is 11.6 Å². The highest BCUT2D eigenvalue weighted by Crippen LogP contribution is 2.26. The minimum atomic E-state index is -0.828. The van der Waals surface area contributed by atoms with Crippen molar-refractivity contribution in [2.24, 2.45) is 0 Å².